The standard InChI is InChI=1S/CH4N2O3S/c2-7(3,6)1(4)5/h(H,4,5)(H3,2,3,6). The fourth-order valence-electron chi connectivity index (χ4n) is 0. The highest BCUT2D eigenvalue weighted by atomic mass is 32.2. The van der Waals surface area contributed by atoms with Gasteiger partial charge in [-0.1, -0.05) is 0 Å². The van der Waals surface area contributed by atoms with E-state index < -0.39 is 15.2 Å². The Morgan fingerprint density at radius 1 is 1.86 bits per heavy atom. The van der Waals surface area contributed by atoms with Gasteiger partial charge in [-0.3, -0.25) is 0 Å². The van der Waals surface area contributed by atoms with Gasteiger partial charge in [-0.15, -0.1) is 0 Å². The molecule has 0 saturated carbocycles. The predicted molar refractivity (Wildman–Crippen MR) is 23.1 cm³/mol. The van der Waals surface area contributed by atoms with Crippen molar-refractivity contribution in [1.29, 1.82) is 4.78 Å². The van der Waals surface area contributed by atoms with Gasteiger partial charge in [0.15, 0.2) is 0 Å². The second kappa shape index (κ2) is 1.47. The van der Waals surface area contributed by atoms with Gasteiger partial charge in [0, 0.05) is 0 Å². The molecule has 42 valence electrons. The molecule has 1 atom stereocenters. The molecular formula is CH4N2O3S. The Kier molecular flexibility index (Phi) is 1.34. The van der Waals surface area contributed by atoms with Crippen LogP contribution >= 0.6 is 0 Å². The summed E-state index contributed by atoms with van der Waals surface area (Å²) in [4.78, 5) is 9.43. The third-order valence-electron chi connectivity index (χ3n) is 0.259. The maximum atomic E-state index is 9.73. The maximum Gasteiger partial charge on any atom is 0.417 e. The molecule has 4 N–H and O–H groups in total. The average Bonchev–Trinajstić information content (AvgIpc) is 1.31. The Bertz CT molecular complexity index is 167. The van der Waals surface area contributed by atoms with Crippen LogP contribution in [-0.4, -0.2) is 14.6 Å². The molecule has 0 amide bonds. The van der Waals surface area contributed by atoms with E-state index in [0.717, 1.165) is 0 Å². The molecule has 0 aromatic carbocycles. The van der Waals surface area contributed by atoms with Crippen LogP contribution in [-0.2, 0) is 9.92 Å². The third-order valence-corrected chi connectivity index (χ3v) is 0.778. The summed E-state index contributed by atoms with van der Waals surface area (Å²) >= 11 is 0. The Hall–Kier alpha value is -0.620. The Balaban J connectivity index is 4.43. The fraction of sp³-hybridized carbons (Fsp3) is 0. The number of nitrogens with two attached hydrogens (primary N) is 1. The quantitative estimate of drug-likeness (QED) is 0.408. The highest BCUT2D eigenvalue weighted by molar-refractivity contribution is 8.04. The normalized spacial score (nSPS) is 17.9. The van der Waals surface area contributed by atoms with E-state index in [-0.39, 0.29) is 0 Å². The lowest BCUT2D eigenvalue weighted by Gasteiger charge is -1.85. The molecule has 6 heteroatoms. The van der Waals surface area contributed by atoms with E-state index in [2.05, 4.69) is 5.14 Å². The Morgan fingerprint density at radius 3 is 2.00 bits per heavy atom. The molecule has 7 heavy (non-hydrogen) atoms. The van der Waals surface area contributed by atoms with Crippen LogP contribution in [0.1, 0.15) is 0 Å². The second-order valence-corrected chi connectivity index (χ2v) is 2.42. The van der Waals surface area contributed by atoms with Gasteiger partial charge >= 0.3 is 5.30 Å². The van der Waals surface area contributed by atoms with E-state index in [0.29, 0.717) is 0 Å². The van der Waals surface area contributed by atoms with Crippen molar-refractivity contribution in [2.75, 3.05) is 0 Å². The van der Waals surface area contributed by atoms with E-state index in [1.54, 1.807) is 0 Å². The summed E-state index contributed by atoms with van der Waals surface area (Å²) in [5.41, 5.74) is 0. The van der Waals surface area contributed by atoms with E-state index in [1.807, 2.05) is 0 Å². The largest absolute Gasteiger partial charge is 0.470 e. The molecule has 5 nitrogen and oxygen atoms in total. The molecule has 0 radical (unpaired) electrons. The summed E-state index contributed by atoms with van der Waals surface area (Å²) in [6, 6.07) is 0. The first kappa shape index (κ1) is 6.38. The van der Waals surface area contributed by atoms with Gasteiger partial charge in [-0.25, -0.2) is 18.9 Å². The van der Waals surface area contributed by atoms with Crippen molar-refractivity contribution in [2.45, 2.75) is 0 Å². The number of hydrogen-bond acceptors (Lipinski definition) is 3. The molecule has 0 bridgehead atoms. The molecule has 0 aromatic heterocycles. The number of nitrogens with one attached hydrogen (secondary N) is 1. The van der Waals surface area contributed by atoms with Gasteiger partial charge in [0.05, 0.1) is 0 Å². The molecule has 0 spiro atoms. The average molecular weight is 124 g/mol. The molecule has 0 aliphatic heterocycles. The minimum absolute atomic E-state index is 1.78. The topological polar surface area (TPSA) is 104 Å². The first-order valence-corrected chi connectivity index (χ1v) is 2.86. The summed E-state index contributed by atoms with van der Waals surface area (Å²) in [7, 11) is -3.82. The Labute approximate surface area is 40.2 Å². The monoisotopic (exact) mass is 124 g/mol. The van der Waals surface area contributed by atoms with Crippen LogP contribution < -0.4 is 5.14 Å². The van der Waals surface area contributed by atoms with Gasteiger partial charge in [-0.2, -0.15) is 0 Å². The summed E-state index contributed by atoms with van der Waals surface area (Å²) in [5, 5.41) is 10.2. The van der Waals surface area contributed by atoms with Crippen molar-refractivity contribution in [2.24, 2.45) is 5.14 Å². The van der Waals surface area contributed by atoms with Crippen LogP contribution in [0, 0.1) is 4.78 Å². The Morgan fingerprint density at radius 2 is 2.00 bits per heavy atom. The highest BCUT2D eigenvalue weighted by Gasteiger charge is 2.06. The SMILES string of the molecule is N=S(N)(=O)C(=O)O. The molecule has 0 aromatic rings. The van der Waals surface area contributed by atoms with Gasteiger partial charge in [0.25, 0.3) is 0 Å². The molecule has 0 aliphatic carbocycles. The minimum atomic E-state index is -3.82. The summed E-state index contributed by atoms with van der Waals surface area (Å²) < 4.78 is 15.8. The molecule has 0 fully saturated rings. The van der Waals surface area contributed by atoms with E-state index >= 15 is 0 Å². The fourth-order valence-corrected chi connectivity index (χ4v) is 0. The molecular weight excluding hydrogens is 120 g/mol. The summed E-state index contributed by atoms with van der Waals surface area (Å²) in [6.07, 6.45) is 0. The zero-order valence-corrected chi connectivity index (χ0v) is 4.07. The van der Waals surface area contributed by atoms with Crippen LogP contribution in [0.15, 0.2) is 0 Å². The number of carboxylic acid groups (broad SMARTS) is 1. The van der Waals surface area contributed by atoms with Crippen LogP contribution in [0.2, 0.25) is 0 Å². The molecule has 0 aliphatic rings. The van der Waals surface area contributed by atoms with Gasteiger partial charge in [-0.05, 0) is 0 Å². The minimum Gasteiger partial charge on any atom is -0.470 e. The maximum absolute atomic E-state index is 9.73. The smallest absolute Gasteiger partial charge is 0.417 e. The summed E-state index contributed by atoms with van der Waals surface area (Å²) in [5.74, 6) is 0. The van der Waals surface area contributed by atoms with Crippen molar-refractivity contribution in [3.63, 3.8) is 0 Å². The van der Waals surface area contributed by atoms with Crippen molar-refractivity contribution in [3.05, 3.63) is 0 Å². The van der Waals surface area contributed by atoms with Gasteiger partial charge in [0.2, 0.25) is 9.92 Å². The van der Waals surface area contributed by atoms with Crippen LogP contribution in [0.3, 0.4) is 0 Å². The van der Waals surface area contributed by atoms with Crippen molar-refractivity contribution < 1.29 is 14.1 Å². The molecule has 0 heterocycles. The van der Waals surface area contributed by atoms with Crippen molar-refractivity contribution in [3.8, 4) is 0 Å². The van der Waals surface area contributed by atoms with E-state index in [1.165, 1.54) is 0 Å². The van der Waals surface area contributed by atoms with E-state index in [4.69, 9.17) is 9.89 Å². The first-order chi connectivity index (χ1) is 2.94. The third kappa shape index (κ3) is 2.12. The van der Waals surface area contributed by atoms with Crippen molar-refractivity contribution in [1.82, 2.24) is 0 Å². The van der Waals surface area contributed by atoms with E-state index in [9.17, 15) is 9.00 Å². The second-order valence-electron chi connectivity index (χ2n) is 0.867. The van der Waals surface area contributed by atoms with Crippen molar-refractivity contribution >= 4 is 15.2 Å². The molecule has 0 rings (SSSR count). The lowest BCUT2D eigenvalue weighted by Crippen LogP contribution is -2.19. The van der Waals surface area contributed by atoms with Crippen LogP contribution in [0.25, 0.3) is 0 Å². The van der Waals surface area contributed by atoms with Gasteiger partial charge < -0.3 is 5.11 Å². The molecule has 0 saturated heterocycles. The number of hydrogen-bond donors (Lipinski definition) is 3. The van der Waals surface area contributed by atoms with Crippen LogP contribution in [0.5, 0.6) is 0 Å². The zero-order valence-electron chi connectivity index (χ0n) is 3.25. The predicted octanol–water partition coefficient (Wildman–Crippen LogP) is -0.415. The zero-order chi connectivity index (χ0) is 6.08. The highest BCUT2D eigenvalue weighted by Crippen LogP contribution is 1.76. The van der Waals surface area contributed by atoms with Crippen LogP contribution in [0.4, 0.5) is 4.79 Å². The molecule has 1 unspecified atom stereocenters. The number of carbonyl (C=O) groups is 1. The van der Waals surface area contributed by atoms with Gasteiger partial charge in [0.1, 0.15) is 0 Å². The number of rotatable bonds is 0. The lowest BCUT2D eigenvalue weighted by atomic mass is 11.6. The summed E-state index contributed by atoms with van der Waals surface area (Å²) in [6.45, 7) is 0. The lowest BCUT2D eigenvalue weighted by molar-refractivity contribution is 0.220. The first-order valence-electron chi connectivity index (χ1n) is 1.24.